The third kappa shape index (κ3) is 1.62. The molecule has 0 aliphatic carbocycles. The normalized spacial score (nSPS) is 8.67. The van der Waals surface area contributed by atoms with Crippen LogP contribution in [0.4, 0.5) is 0 Å². The number of aromatic nitrogens is 2. The van der Waals surface area contributed by atoms with E-state index in [-0.39, 0.29) is 30.4 Å². The number of benzene rings is 1. The summed E-state index contributed by atoms with van der Waals surface area (Å²) in [6, 6.07) is 7.36. The van der Waals surface area contributed by atoms with Gasteiger partial charge in [0.2, 0.25) is 0 Å². The summed E-state index contributed by atoms with van der Waals surface area (Å²) >= 11 is 0. The zero-order valence-corrected chi connectivity index (χ0v) is 7.67. The summed E-state index contributed by atoms with van der Waals surface area (Å²) < 4.78 is 0. The van der Waals surface area contributed by atoms with E-state index >= 15 is 0 Å². The van der Waals surface area contributed by atoms with Gasteiger partial charge in [0.25, 0.3) is 5.56 Å². The van der Waals surface area contributed by atoms with Gasteiger partial charge in [0.15, 0.2) is 0 Å². The number of fused-ring (bicyclic) bond motifs is 1. The molecule has 0 unspecified atom stereocenters. The van der Waals surface area contributed by atoms with Crippen molar-refractivity contribution in [2.45, 2.75) is 0 Å². The van der Waals surface area contributed by atoms with Gasteiger partial charge in [-0.1, -0.05) is 12.1 Å². The molecule has 2 rings (SSSR count). The van der Waals surface area contributed by atoms with Gasteiger partial charge in [0.1, 0.15) is 0 Å². The Morgan fingerprint density at radius 2 is 1.67 bits per heavy atom. The average molecular weight is 207 g/mol. The molecule has 0 spiro atoms. The fourth-order valence-electron chi connectivity index (χ4n) is 0.982. The van der Waals surface area contributed by atoms with Gasteiger partial charge in [-0.15, -0.1) is 24.8 Å². The molecule has 3 nitrogen and oxygen atoms in total. The first kappa shape index (κ1) is 11.1. The summed E-state index contributed by atoms with van der Waals surface area (Å²) in [6.07, 6.45) is 0. The zero-order chi connectivity index (χ0) is 6.97. The Bertz CT molecular complexity index is 407. The Balaban J connectivity index is 0.000000605. The lowest BCUT2D eigenvalue weighted by atomic mass is 10.3. The van der Waals surface area contributed by atoms with Crippen molar-refractivity contribution in [3.8, 4) is 0 Å². The van der Waals surface area contributed by atoms with Crippen LogP contribution in [-0.2, 0) is 0 Å². The molecule has 12 heavy (non-hydrogen) atoms. The van der Waals surface area contributed by atoms with E-state index < -0.39 is 0 Å². The molecular weight excluding hydrogens is 199 g/mol. The molecule has 2 aromatic rings. The van der Waals surface area contributed by atoms with Crippen LogP contribution in [0.2, 0.25) is 0 Å². The number of nitrogens with one attached hydrogen (secondary N) is 2. The van der Waals surface area contributed by atoms with Crippen LogP contribution in [-0.4, -0.2) is 10.2 Å². The maximum Gasteiger partial charge on any atom is 0.271 e. The lowest BCUT2D eigenvalue weighted by Gasteiger charge is -1.80. The van der Waals surface area contributed by atoms with E-state index in [0.29, 0.717) is 5.39 Å². The molecular formula is C7H8Cl2N2O. The summed E-state index contributed by atoms with van der Waals surface area (Å²) in [5, 5.41) is 5.96. The molecule has 1 heterocycles. The second kappa shape index (κ2) is 4.18. The topological polar surface area (TPSA) is 48.6 Å². The molecule has 0 amide bonds. The molecule has 1 aromatic carbocycles. The average Bonchev–Trinajstić information content (AvgIpc) is 2.34. The molecule has 0 saturated carbocycles. The first-order chi connectivity index (χ1) is 4.88. The van der Waals surface area contributed by atoms with Crippen molar-refractivity contribution < 1.29 is 0 Å². The van der Waals surface area contributed by atoms with Gasteiger partial charge in [0, 0.05) is 0 Å². The van der Waals surface area contributed by atoms with Crippen LogP contribution in [0.3, 0.4) is 0 Å². The van der Waals surface area contributed by atoms with Crippen LogP contribution >= 0.6 is 24.8 Å². The van der Waals surface area contributed by atoms with E-state index in [1.807, 2.05) is 18.2 Å². The predicted octanol–water partition coefficient (Wildman–Crippen LogP) is 1.70. The first-order valence-corrected chi connectivity index (χ1v) is 3.03. The van der Waals surface area contributed by atoms with E-state index in [1.165, 1.54) is 0 Å². The minimum Gasteiger partial charge on any atom is -0.298 e. The molecule has 0 fully saturated rings. The highest BCUT2D eigenvalue weighted by molar-refractivity contribution is 5.85. The standard InChI is InChI=1S/C7H6N2O.2ClH/c10-7-5-3-1-2-4-6(5)8-9-7;;/h1-4H,(H2,8,9,10);2*1H. The van der Waals surface area contributed by atoms with Crippen LogP contribution in [0.15, 0.2) is 29.1 Å². The molecule has 0 atom stereocenters. The molecule has 0 saturated heterocycles. The van der Waals surface area contributed by atoms with Gasteiger partial charge >= 0.3 is 0 Å². The lowest BCUT2D eigenvalue weighted by Crippen LogP contribution is -1.96. The molecule has 2 N–H and O–H groups in total. The highest BCUT2D eigenvalue weighted by Crippen LogP contribution is 2.02. The van der Waals surface area contributed by atoms with Gasteiger partial charge in [-0.05, 0) is 12.1 Å². The van der Waals surface area contributed by atoms with Crippen LogP contribution < -0.4 is 5.56 Å². The Hall–Kier alpha value is -0.930. The maximum atomic E-state index is 10.9. The number of H-pyrrole nitrogens is 2. The van der Waals surface area contributed by atoms with E-state index in [0.717, 1.165) is 5.52 Å². The molecule has 0 aliphatic rings. The van der Waals surface area contributed by atoms with Crippen LogP contribution in [0.1, 0.15) is 0 Å². The number of halogens is 2. The number of para-hydroxylation sites is 1. The van der Waals surface area contributed by atoms with E-state index in [4.69, 9.17) is 0 Å². The Morgan fingerprint density at radius 1 is 1.00 bits per heavy atom. The van der Waals surface area contributed by atoms with Crippen molar-refractivity contribution in [2.75, 3.05) is 0 Å². The largest absolute Gasteiger partial charge is 0.298 e. The van der Waals surface area contributed by atoms with Crippen LogP contribution in [0.5, 0.6) is 0 Å². The fourth-order valence-corrected chi connectivity index (χ4v) is 0.982. The summed E-state index contributed by atoms with van der Waals surface area (Å²) in [6.45, 7) is 0. The third-order valence-electron chi connectivity index (χ3n) is 1.48. The zero-order valence-electron chi connectivity index (χ0n) is 6.03. The van der Waals surface area contributed by atoms with E-state index in [1.54, 1.807) is 6.07 Å². The van der Waals surface area contributed by atoms with Crippen molar-refractivity contribution in [3.63, 3.8) is 0 Å². The number of rotatable bonds is 0. The van der Waals surface area contributed by atoms with Gasteiger partial charge in [-0.25, -0.2) is 0 Å². The smallest absolute Gasteiger partial charge is 0.271 e. The molecule has 5 heteroatoms. The summed E-state index contributed by atoms with van der Waals surface area (Å²) in [5.41, 5.74) is 0.795. The molecule has 66 valence electrons. The number of hydrogen-bond acceptors (Lipinski definition) is 1. The van der Waals surface area contributed by atoms with Crippen molar-refractivity contribution in [2.24, 2.45) is 0 Å². The van der Waals surface area contributed by atoms with Crippen molar-refractivity contribution in [3.05, 3.63) is 34.6 Å². The fraction of sp³-hybridized carbons (Fsp3) is 0. The summed E-state index contributed by atoms with van der Waals surface area (Å²) in [5.74, 6) is 0. The van der Waals surface area contributed by atoms with Crippen molar-refractivity contribution >= 4 is 35.7 Å². The molecule has 0 radical (unpaired) electrons. The molecule has 0 aliphatic heterocycles. The second-order valence-electron chi connectivity index (χ2n) is 2.12. The Kier molecular flexibility index (Phi) is 3.86. The first-order valence-electron chi connectivity index (χ1n) is 3.03. The highest BCUT2D eigenvalue weighted by Gasteiger charge is 1.95. The minimum atomic E-state index is -0.0596. The SMILES string of the molecule is Cl.Cl.O=c1[nH][nH]c2ccccc12. The van der Waals surface area contributed by atoms with Crippen LogP contribution in [0.25, 0.3) is 10.9 Å². The summed E-state index contributed by atoms with van der Waals surface area (Å²) in [4.78, 5) is 10.9. The van der Waals surface area contributed by atoms with Gasteiger partial charge in [-0.2, -0.15) is 0 Å². The second-order valence-corrected chi connectivity index (χ2v) is 2.12. The molecule has 0 bridgehead atoms. The van der Waals surface area contributed by atoms with Crippen LogP contribution in [0, 0.1) is 0 Å². The van der Waals surface area contributed by atoms with E-state index in [2.05, 4.69) is 10.2 Å². The molecule has 1 aromatic heterocycles. The summed E-state index contributed by atoms with van der Waals surface area (Å²) in [7, 11) is 0. The van der Waals surface area contributed by atoms with Gasteiger partial charge < -0.3 is 0 Å². The highest BCUT2D eigenvalue weighted by atomic mass is 35.5. The monoisotopic (exact) mass is 206 g/mol. The van der Waals surface area contributed by atoms with E-state index in [9.17, 15) is 4.79 Å². The van der Waals surface area contributed by atoms with Gasteiger partial charge in [-0.3, -0.25) is 15.0 Å². The van der Waals surface area contributed by atoms with Gasteiger partial charge in [0.05, 0.1) is 10.9 Å². The Morgan fingerprint density at radius 3 is 2.33 bits per heavy atom. The number of hydrogen-bond donors (Lipinski definition) is 2. The minimum absolute atomic E-state index is 0. The third-order valence-corrected chi connectivity index (χ3v) is 1.48. The lowest BCUT2D eigenvalue weighted by molar-refractivity contribution is 1.08. The van der Waals surface area contributed by atoms with Crippen molar-refractivity contribution in [1.29, 1.82) is 0 Å². The predicted molar refractivity (Wildman–Crippen MR) is 53.4 cm³/mol. The quantitative estimate of drug-likeness (QED) is 0.678. The maximum absolute atomic E-state index is 10.9. The Labute approximate surface area is 81.0 Å². The number of aromatic amines is 2. The van der Waals surface area contributed by atoms with Crippen molar-refractivity contribution in [1.82, 2.24) is 10.2 Å².